The summed E-state index contributed by atoms with van der Waals surface area (Å²) >= 11 is 0. The Hall–Kier alpha value is -1.22. The Morgan fingerprint density at radius 1 is 1.00 bits per heavy atom. The maximum atomic E-state index is 5.36. The van der Waals surface area contributed by atoms with Crippen molar-refractivity contribution in [2.45, 2.75) is 33.7 Å². The Balaban J connectivity index is 3.13. The molecule has 2 atom stereocenters. The second-order valence-electron chi connectivity index (χ2n) is 5.28. The molecule has 0 saturated carbocycles. The van der Waals surface area contributed by atoms with Crippen LogP contribution in [0.15, 0.2) is 18.2 Å². The molecule has 108 valence electrons. The fraction of sp³-hybridized carbons (Fsp3) is 0.625. The normalized spacial score (nSPS) is 14.3. The second-order valence-corrected chi connectivity index (χ2v) is 5.28. The number of ether oxygens (including phenoxy) is 2. The van der Waals surface area contributed by atoms with E-state index in [0.717, 1.165) is 18.0 Å². The molecular formula is C16H27NO2. The van der Waals surface area contributed by atoms with Gasteiger partial charge in [0.05, 0.1) is 14.2 Å². The van der Waals surface area contributed by atoms with Crippen LogP contribution in [-0.4, -0.2) is 20.8 Å². The molecule has 1 N–H and O–H groups in total. The number of hydrogen-bond acceptors (Lipinski definition) is 3. The average molecular weight is 265 g/mol. The maximum Gasteiger partial charge on any atom is 0.122 e. The number of rotatable bonds is 7. The summed E-state index contributed by atoms with van der Waals surface area (Å²) in [6, 6.07) is 6.41. The molecule has 0 aliphatic rings. The molecule has 3 heteroatoms. The highest BCUT2D eigenvalue weighted by molar-refractivity contribution is 5.40. The number of benzene rings is 1. The summed E-state index contributed by atoms with van der Waals surface area (Å²) in [7, 11) is 3.37. The topological polar surface area (TPSA) is 30.5 Å². The molecule has 0 bridgehead atoms. The van der Waals surface area contributed by atoms with Gasteiger partial charge in [0.15, 0.2) is 0 Å². The minimum atomic E-state index is 0.314. The third-order valence-electron chi connectivity index (χ3n) is 3.73. The van der Waals surface area contributed by atoms with E-state index in [9.17, 15) is 0 Å². The summed E-state index contributed by atoms with van der Waals surface area (Å²) in [4.78, 5) is 0. The molecule has 0 heterocycles. The van der Waals surface area contributed by atoms with Crippen molar-refractivity contribution in [2.75, 3.05) is 20.8 Å². The van der Waals surface area contributed by atoms with Crippen molar-refractivity contribution in [3.05, 3.63) is 23.8 Å². The van der Waals surface area contributed by atoms with Gasteiger partial charge in [-0.3, -0.25) is 0 Å². The SMILES string of the molecule is CCNC(c1cc(OC)cc(OC)c1)C(C)C(C)C. The lowest BCUT2D eigenvalue weighted by Crippen LogP contribution is -2.29. The van der Waals surface area contributed by atoms with Crippen molar-refractivity contribution < 1.29 is 9.47 Å². The zero-order valence-electron chi connectivity index (χ0n) is 13.0. The van der Waals surface area contributed by atoms with Crippen LogP contribution in [0.25, 0.3) is 0 Å². The maximum absolute atomic E-state index is 5.36. The van der Waals surface area contributed by atoms with E-state index in [2.05, 4.69) is 45.1 Å². The largest absolute Gasteiger partial charge is 0.497 e. The first-order valence-electron chi connectivity index (χ1n) is 6.99. The van der Waals surface area contributed by atoms with Crippen LogP contribution in [0.1, 0.15) is 39.3 Å². The van der Waals surface area contributed by atoms with Crippen LogP contribution in [0.4, 0.5) is 0 Å². The van der Waals surface area contributed by atoms with Gasteiger partial charge in [-0.1, -0.05) is 27.7 Å². The predicted molar refractivity (Wildman–Crippen MR) is 80.0 cm³/mol. The fourth-order valence-electron chi connectivity index (χ4n) is 2.22. The molecule has 0 aromatic heterocycles. The van der Waals surface area contributed by atoms with Crippen LogP contribution in [0, 0.1) is 11.8 Å². The highest BCUT2D eigenvalue weighted by atomic mass is 16.5. The smallest absolute Gasteiger partial charge is 0.122 e. The van der Waals surface area contributed by atoms with Crippen LogP contribution in [0.5, 0.6) is 11.5 Å². The number of nitrogens with one attached hydrogen (secondary N) is 1. The Kier molecular flexibility index (Phi) is 6.16. The molecule has 0 aliphatic carbocycles. The van der Waals surface area contributed by atoms with Crippen molar-refractivity contribution in [3.8, 4) is 11.5 Å². The van der Waals surface area contributed by atoms with Crippen molar-refractivity contribution in [2.24, 2.45) is 11.8 Å². The van der Waals surface area contributed by atoms with Gasteiger partial charge in [-0.25, -0.2) is 0 Å². The summed E-state index contributed by atoms with van der Waals surface area (Å²) < 4.78 is 10.7. The lowest BCUT2D eigenvalue weighted by atomic mass is 9.86. The molecule has 1 rings (SSSR count). The summed E-state index contributed by atoms with van der Waals surface area (Å²) in [5, 5.41) is 3.57. The number of methoxy groups -OCH3 is 2. The lowest BCUT2D eigenvalue weighted by molar-refractivity contribution is 0.305. The molecule has 1 aromatic rings. The molecule has 0 aliphatic heterocycles. The highest BCUT2D eigenvalue weighted by Gasteiger charge is 2.22. The molecule has 2 unspecified atom stereocenters. The molecule has 0 spiro atoms. The summed E-state index contributed by atoms with van der Waals surface area (Å²) in [5.74, 6) is 2.83. The lowest BCUT2D eigenvalue weighted by Gasteiger charge is -2.28. The summed E-state index contributed by atoms with van der Waals surface area (Å²) in [5.41, 5.74) is 1.22. The molecule has 0 amide bonds. The monoisotopic (exact) mass is 265 g/mol. The van der Waals surface area contributed by atoms with Gasteiger partial charge in [-0.2, -0.15) is 0 Å². The van der Waals surface area contributed by atoms with Crippen LogP contribution >= 0.6 is 0 Å². The van der Waals surface area contributed by atoms with Gasteiger partial charge in [0.25, 0.3) is 0 Å². The first-order valence-corrected chi connectivity index (χ1v) is 6.99. The van der Waals surface area contributed by atoms with E-state index in [1.807, 2.05) is 6.07 Å². The van der Waals surface area contributed by atoms with E-state index in [-0.39, 0.29) is 0 Å². The Morgan fingerprint density at radius 3 is 1.89 bits per heavy atom. The van der Waals surface area contributed by atoms with Crippen LogP contribution in [-0.2, 0) is 0 Å². The summed E-state index contributed by atoms with van der Waals surface area (Å²) in [6.07, 6.45) is 0. The van der Waals surface area contributed by atoms with E-state index >= 15 is 0 Å². The van der Waals surface area contributed by atoms with Crippen molar-refractivity contribution >= 4 is 0 Å². The predicted octanol–water partition coefficient (Wildman–Crippen LogP) is 3.65. The minimum Gasteiger partial charge on any atom is -0.497 e. The van der Waals surface area contributed by atoms with E-state index in [1.54, 1.807) is 14.2 Å². The fourth-order valence-corrected chi connectivity index (χ4v) is 2.22. The van der Waals surface area contributed by atoms with Gasteiger partial charge in [-0.15, -0.1) is 0 Å². The van der Waals surface area contributed by atoms with Gasteiger partial charge in [0.1, 0.15) is 11.5 Å². The Bertz CT molecular complexity index is 368. The number of hydrogen-bond donors (Lipinski definition) is 1. The molecule has 19 heavy (non-hydrogen) atoms. The Morgan fingerprint density at radius 2 is 1.53 bits per heavy atom. The molecule has 3 nitrogen and oxygen atoms in total. The van der Waals surface area contributed by atoms with Crippen LogP contribution < -0.4 is 14.8 Å². The first-order chi connectivity index (χ1) is 9.03. The Labute approximate surface area is 117 Å². The molecule has 0 radical (unpaired) electrons. The van der Waals surface area contributed by atoms with Gasteiger partial charge in [-0.05, 0) is 36.1 Å². The standard InChI is InChI=1S/C16H27NO2/c1-7-17-16(12(4)11(2)3)13-8-14(18-5)10-15(9-13)19-6/h8-12,16-17H,7H2,1-6H3. The first kappa shape index (κ1) is 15.8. The zero-order chi connectivity index (χ0) is 14.4. The zero-order valence-corrected chi connectivity index (χ0v) is 13.0. The third kappa shape index (κ3) is 4.13. The summed E-state index contributed by atoms with van der Waals surface area (Å²) in [6.45, 7) is 9.88. The van der Waals surface area contributed by atoms with Crippen LogP contribution in [0.3, 0.4) is 0 Å². The van der Waals surface area contributed by atoms with Crippen LogP contribution in [0.2, 0.25) is 0 Å². The molecular weight excluding hydrogens is 238 g/mol. The second kappa shape index (κ2) is 7.39. The van der Waals surface area contributed by atoms with Gasteiger partial charge in [0, 0.05) is 12.1 Å². The third-order valence-corrected chi connectivity index (χ3v) is 3.73. The molecule has 0 fully saturated rings. The van der Waals surface area contributed by atoms with E-state index in [0.29, 0.717) is 17.9 Å². The van der Waals surface area contributed by atoms with Crippen molar-refractivity contribution in [1.29, 1.82) is 0 Å². The average Bonchev–Trinajstić information content (AvgIpc) is 2.43. The van der Waals surface area contributed by atoms with E-state index in [1.165, 1.54) is 5.56 Å². The van der Waals surface area contributed by atoms with Gasteiger partial charge in [0.2, 0.25) is 0 Å². The molecule has 0 saturated heterocycles. The van der Waals surface area contributed by atoms with Crippen molar-refractivity contribution in [1.82, 2.24) is 5.32 Å². The quantitative estimate of drug-likeness (QED) is 0.816. The van der Waals surface area contributed by atoms with E-state index in [4.69, 9.17) is 9.47 Å². The minimum absolute atomic E-state index is 0.314. The van der Waals surface area contributed by atoms with E-state index < -0.39 is 0 Å². The van der Waals surface area contributed by atoms with Gasteiger partial charge >= 0.3 is 0 Å². The highest BCUT2D eigenvalue weighted by Crippen LogP contribution is 2.32. The van der Waals surface area contributed by atoms with Gasteiger partial charge < -0.3 is 14.8 Å². The van der Waals surface area contributed by atoms with Crippen molar-refractivity contribution in [3.63, 3.8) is 0 Å². The molecule has 1 aromatic carbocycles.